The molecule has 7 heteroatoms. The SMILES string of the molecule is CCOc1ccc(Cc2cc([C@@H]3O[C@H](CO)[C@@H](O)[C@H](F)[C@H]3O)ccc2Cl)cc1. The highest BCUT2D eigenvalue weighted by atomic mass is 35.5. The number of ether oxygens (including phenoxy) is 2. The number of halogens is 2. The van der Waals surface area contributed by atoms with E-state index in [4.69, 9.17) is 21.1 Å². The molecule has 0 saturated carbocycles. The van der Waals surface area contributed by atoms with Crippen molar-refractivity contribution in [3.63, 3.8) is 0 Å². The van der Waals surface area contributed by atoms with Gasteiger partial charge in [-0.1, -0.05) is 35.9 Å². The molecule has 1 fully saturated rings. The fraction of sp³-hybridized carbons (Fsp3) is 0.429. The molecule has 0 aromatic heterocycles. The average molecular weight is 411 g/mol. The first-order chi connectivity index (χ1) is 13.4. The fourth-order valence-corrected chi connectivity index (χ4v) is 3.53. The molecule has 152 valence electrons. The van der Waals surface area contributed by atoms with Crippen LogP contribution in [0.3, 0.4) is 0 Å². The standard InChI is InChI=1S/C21H24ClFO5/c1-2-27-15-6-3-12(4-7-15)9-14-10-13(5-8-16(14)22)21-20(26)18(23)19(25)17(11-24)28-21/h3-8,10,17-21,24-26H,2,9,11H2,1H3/t17-,18+,19-,20-,21+/m1/s1. The summed E-state index contributed by atoms with van der Waals surface area (Å²) >= 11 is 6.33. The smallest absolute Gasteiger partial charge is 0.157 e. The lowest BCUT2D eigenvalue weighted by molar-refractivity contribution is -0.214. The van der Waals surface area contributed by atoms with E-state index in [-0.39, 0.29) is 0 Å². The highest BCUT2D eigenvalue weighted by molar-refractivity contribution is 6.31. The van der Waals surface area contributed by atoms with E-state index in [1.807, 2.05) is 31.2 Å². The number of aliphatic hydroxyl groups excluding tert-OH is 3. The Morgan fingerprint density at radius 3 is 2.46 bits per heavy atom. The van der Waals surface area contributed by atoms with Gasteiger partial charge in [-0.3, -0.25) is 0 Å². The van der Waals surface area contributed by atoms with Gasteiger partial charge in [0, 0.05) is 5.02 Å². The number of aliphatic hydroxyl groups is 3. The largest absolute Gasteiger partial charge is 0.494 e. The van der Waals surface area contributed by atoms with Crippen LogP contribution in [-0.2, 0) is 11.2 Å². The summed E-state index contributed by atoms with van der Waals surface area (Å²) in [5.74, 6) is 0.785. The van der Waals surface area contributed by atoms with Crippen molar-refractivity contribution in [3.8, 4) is 5.75 Å². The number of rotatable bonds is 6. The van der Waals surface area contributed by atoms with E-state index in [2.05, 4.69) is 0 Å². The van der Waals surface area contributed by atoms with Crippen molar-refractivity contribution in [2.75, 3.05) is 13.2 Å². The molecule has 2 aromatic rings. The summed E-state index contributed by atoms with van der Waals surface area (Å²) in [5, 5.41) is 29.9. The summed E-state index contributed by atoms with van der Waals surface area (Å²) < 4.78 is 25.2. The Hall–Kier alpha value is -1.70. The summed E-state index contributed by atoms with van der Waals surface area (Å²) in [5.41, 5.74) is 2.34. The second kappa shape index (κ2) is 9.20. The van der Waals surface area contributed by atoms with Gasteiger partial charge >= 0.3 is 0 Å². The van der Waals surface area contributed by atoms with Gasteiger partial charge in [0.15, 0.2) is 6.17 Å². The van der Waals surface area contributed by atoms with E-state index < -0.39 is 37.2 Å². The van der Waals surface area contributed by atoms with E-state index in [0.717, 1.165) is 16.9 Å². The predicted molar refractivity (Wildman–Crippen MR) is 103 cm³/mol. The summed E-state index contributed by atoms with van der Waals surface area (Å²) in [6, 6.07) is 12.7. The topological polar surface area (TPSA) is 79.2 Å². The highest BCUT2D eigenvalue weighted by Crippen LogP contribution is 2.35. The van der Waals surface area contributed by atoms with Crippen molar-refractivity contribution in [1.82, 2.24) is 0 Å². The maximum absolute atomic E-state index is 14.2. The van der Waals surface area contributed by atoms with Crippen molar-refractivity contribution in [1.29, 1.82) is 0 Å². The third-order valence-corrected chi connectivity index (χ3v) is 5.24. The van der Waals surface area contributed by atoms with Crippen molar-refractivity contribution in [2.45, 2.75) is 43.9 Å². The molecule has 28 heavy (non-hydrogen) atoms. The number of hydrogen-bond donors (Lipinski definition) is 3. The molecule has 3 N–H and O–H groups in total. The quantitative estimate of drug-likeness (QED) is 0.682. The lowest BCUT2D eigenvalue weighted by Crippen LogP contribution is -2.53. The molecule has 0 bridgehead atoms. The van der Waals surface area contributed by atoms with Crippen LogP contribution in [-0.4, -0.2) is 53.0 Å². The summed E-state index contributed by atoms with van der Waals surface area (Å²) in [6.07, 6.45) is -6.61. The Bertz CT molecular complexity index is 783. The first kappa shape index (κ1) is 21.0. The van der Waals surface area contributed by atoms with Gasteiger partial charge in [0.2, 0.25) is 0 Å². The normalized spacial score (nSPS) is 27.6. The lowest BCUT2D eigenvalue weighted by Gasteiger charge is -2.39. The molecule has 5 nitrogen and oxygen atoms in total. The second-order valence-electron chi connectivity index (χ2n) is 6.81. The first-order valence-electron chi connectivity index (χ1n) is 9.21. The number of alkyl halides is 1. The lowest BCUT2D eigenvalue weighted by atomic mass is 9.91. The fourth-order valence-electron chi connectivity index (χ4n) is 3.35. The van der Waals surface area contributed by atoms with Crippen LogP contribution in [0.5, 0.6) is 5.75 Å². The molecular formula is C21H24ClFO5. The molecule has 0 spiro atoms. The van der Waals surface area contributed by atoms with Crippen molar-refractivity contribution < 1.29 is 29.2 Å². The van der Waals surface area contributed by atoms with Crippen LogP contribution in [0.15, 0.2) is 42.5 Å². The first-order valence-corrected chi connectivity index (χ1v) is 9.59. The van der Waals surface area contributed by atoms with Crippen LogP contribution in [0.2, 0.25) is 5.02 Å². The van der Waals surface area contributed by atoms with E-state index in [1.54, 1.807) is 18.2 Å². The van der Waals surface area contributed by atoms with Gasteiger partial charge < -0.3 is 24.8 Å². The van der Waals surface area contributed by atoms with Crippen molar-refractivity contribution in [3.05, 3.63) is 64.2 Å². The van der Waals surface area contributed by atoms with E-state index in [9.17, 15) is 19.7 Å². The minimum Gasteiger partial charge on any atom is -0.494 e. The number of hydrogen-bond acceptors (Lipinski definition) is 5. The van der Waals surface area contributed by atoms with Gasteiger partial charge in [-0.2, -0.15) is 0 Å². The molecule has 3 rings (SSSR count). The molecule has 1 aliphatic rings. The highest BCUT2D eigenvalue weighted by Gasteiger charge is 2.45. The van der Waals surface area contributed by atoms with Gasteiger partial charge in [0.1, 0.15) is 30.2 Å². The van der Waals surface area contributed by atoms with Crippen LogP contribution in [0.1, 0.15) is 29.7 Å². The Kier molecular flexibility index (Phi) is 6.91. The van der Waals surface area contributed by atoms with Crippen LogP contribution in [0, 0.1) is 0 Å². The van der Waals surface area contributed by atoms with Gasteiger partial charge in [0.05, 0.1) is 13.2 Å². The minimum absolute atomic E-state index is 0.533. The summed E-state index contributed by atoms with van der Waals surface area (Å²) in [4.78, 5) is 0. The monoisotopic (exact) mass is 410 g/mol. The third kappa shape index (κ3) is 4.47. The molecule has 1 saturated heterocycles. The predicted octanol–water partition coefficient (Wildman–Crippen LogP) is 2.82. The van der Waals surface area contributed by atoms with Gasteiger partial charge in [-0.05, 0) is 48.2 Å². The van der Waals surface area contributed by atoms with E-state index in [1.165, 1.54) is 0 Å². The zero-order valence-corrected chi connectivity index (χ0v) is 16.2. The second-order valence-corrected chi connectivity index (χ2v) is 7.22. The Morgan fingerprint density at radius 1 is 1.11 bits per heavy atom. The van der Waals surface area contributed by atoms with Gasteiger partial charge in [-0.15, -0.1) is 0 Å². The molecule has 0 amide bonds. The molecule has 0 radical (unpaired) electrons. The average Bonchev–Trinajstić information content (AvgIpc) is 2.70. The Morgan fingerprint density at radius 2 is 1.82 bits per heavy atom. The molecule has 5 atom stereocenters. The van der Waals surface area contributed by atoms with Gasteiger partial charge in [0.25, 0.3) is 0 Å². The van der Waals surface area contributed by atoms with Crippen LogP contribution in [0.4, 0.5) is 4.39 Å². The molecule has 1 heterocycles. The van der Waals surface area contributed by atoms with Crippen molar-refractivity contribution in [2.24, 2.45) is 0 Å². The molecule has 2 aromatic carbocycles. The van der Waals surface area contributed by atoms with Crippen LogP contribution >= 0.6 is 11.6 Å². The van der Waals surface area contributed by atoms with Crippen LogP contribution < -0.4 is 4.74 Å². The van der Waals surface area contributed by atoms with Crippen molar-refractivity contribution >= 4 is 11.6 Å². The maximum Gasteiger partial charge on any atom is 0.157 e. The summed E-state index contributed by atoms with van der Waals surface area (Å²) in [7, 11) is 0. The molecule has 0 unspecified atom stereocenters. The van der Waals surface area contributed by atoms with Gasteiger partial charge in [-0.25, -0.2) is 4.39 Å². The van der Waals surface area contributed by atoms with E-state index >= 15 is 0 Å². The molecule has 0 aliphatic carbocycles. The Labute approximate surface area is 168 Å². The molecule has 1 aliphatic heterocycles. The maximum atomic E-state index is 14.2. The Balaban J connectivity index is 1.82. The summed E-state index contributed by atoms with van der Waals surface area (Å²) in [6.45, 7) is 1.97. The van der Waals surface area contributed by atoms with Crippen LogP contribution in [0.25, 0.3) is 0 Å². The minimum atomic E-state index is -1.92. The number of benzene rings is 2. The molecular weight excluding hydrogens is 387 g/mol. The third-order valence-electron chi connectivity index (χ3n) is 4.87. The zero-order chi connectivity index (χ0) is 20.3. The zero-order valence-electron chi connectivity index (χ0n) is 15.5. The van der Waals surface area contributed by atoms with E-state index in [0.29, 0.717) is 23.6 Å².